The predicted molar refractivity (Wildman–Crippen MR) is 163 cm³/mol. The number of nitrogens with one attached hydrogen (secondary N) is 1. The Morgan fingerprint density at radius 3 is 2.37 bits per heavy atom. The molecule has 0 radical (unpaired) electrons. The fourth-order valence-corrected chi connectivity index (χ4v) is 11.1. The molecular formula is C29H33N6NaO11S2. The molecule has 6 rings (SSSR count). The maximum atomic E-state index is 12.7. The molecule has 2 aromatic rings. The number of carboxylic acid groups (broad SMARTS) is 2. The number of aromatic nitrogens is 3. The van der Waals surface area contributed by atoms with Crippen molar-refractivity contribution in [3.8, 4) is 0 Å². The van der Waals surface area contributed by atoms with Gasteiger partial charge in [0.05, 0.1) is 29.8 Å². The summed E-state index contributed by atoms with van der Waals surface area (Å²) < 4.78 is 28.6. The third-order valence-corrected chi connectivity index (χ3v) is 13.8. The molecule has 4 heterocycles. The summed E-state index contributed by atoms with van der Waals surface area (Å²) in [5, 5.41) is 29.4. The molecule has 3 aliphatic heterocycles. The van der Waals surface area contributed by atoms with Crippen molar-refractivity contribution < 1.29 is 81.7 Å². The second kappa shape index (κ2) is 13.7. The first kappa shape index (κ1) is 38.4. The van der Waals surface area contributed by atoms with Crippen molar-refractivity contribution in [3.63, 3.8) is 0 Å². The van der Waals surface area contributed by atoms with E-state index in [9.17, 15) is 47.4 Å². The Hall–Kier alpha value is -3.36. The molecule has 2 amide bonds. The third-order valence-electron chi connectivity index (χ3n) is 9.32. The van der Waals surface area contributed by atoms with Crippen molar-refractivity contribution in [3.05, 3.63) is 47.8 Å². The number of hydrogen-bond donors (Lipinski definition) is 3. The van der Waals surface area contributed by atoms with Crippen LogP contribution >= 0.6 is 11.8 Å². The van der Waals surface area contributed by atoms with E-state index in [1.807, 2.05) is 6.07 Å². The summed E-state index contributed by atoms with van der Waals surface area (Å²) in [6.07, 6.45) is 0.984. The van der Waals surface area contributed by atoms with Crippen LogP contribution in [0, 0.1) is 11.8 Å². The summed E-state index contributed by atoms with van der Waals surface area (Å²) in [7, 11) is -2.76. The number of amides is 2. The van der Waals surface area contributed by atoms with Crippen LogP contribution in [-0.4, -0.2) is 108 Å². The van der Waals surface area contributed by atoms with E-state index in [4.69, 9.17) is 5.73 Å². The number of methoxy groups -OCH3 is 1. The summed E-state index contributed by atoms with van der Waals surface area (Å²) in [5.41, 5.74) is 6.45. The minimum absolute atomic E-state index is 0. The number of aliphatic carboxylic acids is 2. The van der Waals surface area contributed by atoms with E-state index >= 15 is 0 Å². The fraction of sp³-hybridized carbons (Fsp3) is 0.517. The van der Waals surface area contributed by atoms with Crippen molar-refractivity contribution in [2.75, 3.05) is 7.11 Å². The van der Waals surface area contributed by atoms with Gasteiger partial charge in [0.1, 0.15) is 29.3 Å². The molecular weight excluding hydrogens is 695 g/mol. The number of sulfone groups is 1. The molecule has 49 heavy (non-hydrogen) atoms. The molecule has 1 saturated carbocycles. The van der Waals surface area contributed by atoms with Gasteiger partial charge < -0.3 is 35.7 Å². The molecule has 8 atom stereocenters. The van der Waals surface area contributed by atoms with Crippen molar-refractivity contribution >= 4 is 57.1 Å². The van der Waals surface area contributed by atoms with Crippen LogP contribution in [0.15, 0.2) is 36.5 Å². The average Bonchev–Trinajstić information content (AvgIpc) is 3.63. The molecule has 258 valence electrons. The summed E-state index contributed by atoms with van der Waals surface area (Å²) >= 11 is 1.38. The van der Waals surface area contributed by atoms with E-state index in [0.29, 0.717) is 5.56 Å². The number of carboxylic acids is 2. The monoisotopic (exact) mass is 728 g/mol. The largest absolute Gasteiger partial charge is 1.00 e. The number of Topliss-reactive ketones (excluding diaryl/α,β-unsaturated/α-hetero) is 1. The minimum Gasteiger partial charge on any atom is -0.550 e. The van der Waals surface area contributed by atoms with Gasteiger partial charge in [-0.2, -0.15) is 0 Å². The Labute approximate surface area is 306 Å². The summed E-state index contributed by atoms with van der Waals surface area (Å²) in [5.74, 6) is -7.16. The van der Waals surface area contributed by atoms with Crippen LogP contribution in [0.2, 0.25) is 0 Å². The van der Waals surface area contributed by atoms with Crippen LogP contribution in [0.1, 0.15) is 49.3 Å². The number of hydrogen-bond acceptors (Lipinski definition) is 14. The van der Waals surface area contributed by atoms with Crippen molar-refractivity contribution in [1.82, 2.24) is 25.2 Å². The predicted octanol–water partition coefficient (Wildman–Crippen LogP) is -5.10. The number of benzene rings is 1. The second-order valence-corrected chi connectivity index (χ2v) is 17.1. The average molecular weight is 729 g/mol. The van der Waals surface area contributed by atoms with Gasteiger partial charge in [-0.1, -0.05) is 35.5 Å². The van der Waals surface area contributed by atoms with Crippen molar-refractivity contribution in [1.29, 1.82) is 0 Å². The SMILES string of the molecule is CC1(C)S[C@@H]2[C@H](NC(=O)C(N)c3ccccc3)C(=O)N2[C@H]1C(=O)O.COC(=O)c1cn(C[C@@]2(C)[C@H](C(=O)[O-])C3C(=O)CC3S2(=O)=O)nn1.[Na+]. The number of thioether (sulfide) groups is 1. The van der Waals surface area contributed by atoms with E-state index in [-0.39, 0.29) is 59.5 Å². The van der Waals surface area contributed by atoms with E-state index in [0.717, 1.165) is 11.8 Å². The number of ether oxygens (including phenoxy) is 1. The van der Waals surface area contributed by atoms with E-state index in [2.05, 4.69) is 20.4 Å². The molecule has 3 saturated heterocycles. The van der Waals surface area contributed by atoms with Crippen LogP contribution in [0.5, 0.6) is 0 Å². The number of rotatable bonds is 8. The van der Waals surface area contributed by atoms with Crippen LogP contribution in [-0.2, 0) is 45.1 Å². The zero-order valence-electron chi connectivity index (χ0n) is 27.1. The van der Waals surface area contributed by atoms with Crippen LogP contribution < -0.4 is 45.7 Å². The number of nitrogens with zero attached hydrogens (tertiary/aromatic N) is 4. The summed E-state index contributed by atoms with van der Waals surface area (Å²) in [6.45, 7) is 4.47. The van der Waals surface area contributed by atoms with E-state index in [1.54, 1.807) is 38.1 Å². The molecule has 4 N–H and O–H groups in total. The standard InChI is InChI=1S/C16H19N3O4S.C13H15N3O7S.Na/c1-16(2)11(15(22)23)19-13(21)10(14(19)24-16)18-12(20)9(17)8-6-4-3-5-7-8;1-13(5-16-4-6(14-15-16)12(20)23-2)10(11(18)19)9-7(17)3-8(9)24(13,21)22;/h3-7,9-11,14H,17H2,1-2H3,(H,18,20)(H,22,23);4,8-10H,3,5H2,1-2H3,(H,18,19);/q;;+1/p-1/t9?,10-,11+,14-;8?,9?,10-,13-;/m10./s1. The molecule has 20 heteroatoms. The molecule has 0 bridgehead atoms. The Morgan fingerprint density at radius 1 is 1.18 bits per heavy atom. The minimum atomic E-state index is -3.92. The van der Waals surface area contributed by atoms with Gasteiger partial charge in [0.2, 0.25) is 11.8 Å². The quantitative estimate of drug-likeness (QED) is 0.130. The molecule has 1 aromatic carbocycles. The van der Waals surface area contributed by atoms with Gasteiger partial charge in [-0.25, -0.2) is 18.0 Å². The topological polar surface area (TPSA) is 261 Å². The normalized spacial score (nSPS) is 30.5. The Kier molecular flexibility index (Phi) is 10.8. The van der Waals surface area contributed by atoms with Crippen LogP contribution in [0.4, 0.5) is 0 Å². The molecule has 0 spiro atoms. The number of esters is 1. The van der Waals surface area contributed by atoms with Crippen molar-refractivity contribution in [2.45, 2.75) is 72.0 Å². The van der Waals surface area contributed by atoms with Crippen molar-refractivity contribution in [2.24, 2.45) is 17.6 Å². The maximum Gasteiger partial charge on any atom is 1.00 e. The summed E-state index contributed by atoms with van der Waals surface area (Å²) in [4.78, 5) is 72.1. The third kappa shape index (κ3) is 6.40. The molecule has 1 aromatic heterocycles. The molecule has 3 unspecified atom stereocenters. The number of carbonyl (C=O) groups excluding carboxylic acids is 5. The van der Waals surface area contributed by atoms with E-state index < -0.39 is 84.1 Å². The van der Waals surface area contributed by atoms with Gasteiger partial charge in [-0.15, -0.1) is 16.9 Å². The van der Waals surface area contributed by atoms with Gasteiger partial charge in [0.25, 0.3) is 0 Å². The van der Waals surface area contributed by atoms with Gasteiger partial charge >= 0.3 is 41.5 Å². The van der Waals surface area contributed by atoms with Crippen LogP contribution in [0.25, 0.3) is 0 Å². The number of ketones is 1. The molecule has 1 aliphatic carbocycles. The number of nitrogens with two attached hydrogens (primary N) is 1. The Bertz CT molecular complexity index is 1810. The van der Waals surface area contributed by atoms with Crippen LogP contribution in [0.3, 0.4) is 0 Å². The first-order valence-electron chi connectivity index (χ1n) is 14.7. The van der Waals surface area contributed by atoms with Gasteiger partial charge in [0, 0.05) is 29.0 Å². The Morgan fingerprint density at radius 2 is 1.82 bits per heavy atom. The zero-order chi connectivity index (χ0) is 35.5. The maximum absolute atomic E-state index is 12.7. The van der Waals surface area contributed by atoms with Gasteiger partial charge in [0.15, 0.2) is 15.5 Å². The molecule has 17 nitrogen and oxygen atoms in total. The second-order valence-electron chi connectivity index (χ2n) is 12.7. The number of carbonyl (C=O) groups is 6. The zero-order valence-corrected chi connectivity index (χ0v) is 30.8. The number of fused-ring (bicyclic) bond motifs is 2. The van der Waals surface area contributed by atoms with E-state index in [1.165, 1.54) is 29.8 Å². The fourth-order valence-electron chi connectivity index (χ4n) is 6.79. The molecule has 4 fully saturated rings. The number of β-lactam (4-membered cyclic amide) rings is 1. The molecule has 4 aliphatic rings. The smallest absolute Gasteiger partial charge is 0.550 e. The van der Waals surface area contributed by atoms with Gasteiger partial charge in [-0.05, 0) is 26.3 Å². The Balaban J connectivity index is 0.000000216. The summed E-state index contributed by atoms with van der Waals surface area (Å²) in [6, 6.07) is 6.38. The first-order valence-corrected chi connectivity index (χ1v) is 17.1. The van der Waals surface area contributed by atoms with Gasteiger partial charge in [-0.3, -0.25) is 19.1 Å². The first-order chi connectivity index (χ1) is 22.4.